The van der Waals surface area contributed by atoms with Gasteiger partial charge in [-0.3, -0.25) is 4.79 Å². The summed E-state index contributed by atoms with van der Waals surface area (Å²) in [6, 6.07) is 0.719. The SMILES string of the molecule is CC(C)CC1CCCCCN1C(=O)C1CCCC(N)C1. The van der Waals surface area contributed by atoms with Crippen LogP contribution in [0.1, 0.15) is 71.6 Å². The van der Waals surface area contributed by atoms with Gasteiger partial charge >= 0.3 is 0 Å². The summed E-state index contributed by atoms with van der Waals surface area (Å²) in [4.78, 5) is 15.1. The number of nitrogens with two attached hydrogens (primary N) is 1. The van der Waals surface area contributed by atoms with E-state index in [2.05, 4.69) is 18.7 Å². The lowest BCUT2D eigenvalue weighted by Crippen LogP contribution is -2.46. The molecule has 0 aromatic carbocycles. The van der Waals surface area contributed by atoms with E-state index >= 15 is 0 Å². The van der Waals surface area contributed by atoms with E-state index in [9.17, 15) is 4.79 Å². The quantitative estimate of drug-likeness (QED) is 0.862. The van der Waals surface area contributed by atoms with Gasteiger partial charge in [0.2, 0.25) is 5.91 Å². The Labute approximate surface area is 124 Å². The zero-order valence-electron chi connectivity index (χ0n) is 13.3. The van der Waals surface area contributed by atoms with Gasteiger partial charge in [0, 0.05) is 24.5 Å². The van der Waals surface area contributed by atoms with E-state index in [0.29, 0.717) is 17.9 Å². The molecule has 0 aromatic rings. The lowest BCUT2D eigenvalue weighted by Gasteiger charge is -2.36. The van der Waals surface area contributed by atoms with Gasteiger partial charge in [0.05, 0.1) is 0 Å². The smallest absolute Gasteiger partial charge is 0.225 e. The summed E-state index contributed by atoms with van der Waals surface area (Å²) in [6.07, 6.45) is 10.3. The Kier molecular flexibility index (Phi) is 5.88. The molecule has 1 heterocycles. The highest BCUT2D eigenvalue weighted by atomic mass is 16.2. The molecule has 3 atom stereocenters. The Morgan fingerprint density at radius 2 is 1.95 bits per heavy atom. The largest absolute Gasteiger partial charge is 0.339 e. The van der Waals surface area contributed by atoms with E-state index in [1.165, 1.54) is 25.7 Å². The van der Waals surface area contributed by atoms with Crippen LogP contribution in [0.5, 0.6) is 0 Å². The molecule has 1 aliphatic heterocycles. The van der Waals surface area contributed by atoms with Crippen LogP contribution in [0.4, 0.5) is 0 Å². The Morgan fingerprint density at radius 3 is 2.65 bits per heavy atom. The van der Waals surface area contributed by atoms with Crippen LogP contribution in [0.25, 0.3) is 0 Å². The molecule has 1 aliphatic carbocycles. The van der Waals surface area contributed by atoms with Gasteiger partial charge in [0.1, 0.15) is 0 Å². The summed E-state index contributed by atoms with van der Waals surface area (Å²) in [5, 5.41) is 0. The van der Waals surface area contributed by atoms with Crippen LogP contribution in [-0.4, -0.2) is 29.4 Å². The minimum absolute atomic E-state index is 0.200. The van der Waals surface area contributed by atoms with E-state index in [1.807, 2.05) is 0 Å². The normalized spacial score (nSPS) is 32.2. The molecule has 1 amide bonds. The molecule has 3 unspecified atom stereocenters. The highest BCUT2D eigenvalue weighted by Gasteiger charge is 2.33. The van der Waals surface area contributed by atoms with Crippen molar-refractivity contribution in [2.24, 2.45) is 17.6 Å². The van der Waals surface area contributed by atoms with E-state index in [-0.39, 0.29) is 12.0 Å². The maximum absolute atomic E-state index is 12.9. The van der Waals surface area contributed by atoms with Crippen LogP contribution in [-0.2, 0) is 4.79 Å². The fraction of sp³-hybridized carbons (Fsp3) is 0.941. The predicted octanol–water partition coefficient (Wildman–Crippen LogP) is 3.32. The summed E-state index contributed by atoms with van der Waals surface area (Å²) in [6.45, 7) is 5.51. The van der Waals surface area contributed by atoms with Crippen LogP contribution in [0, 0.1) is 11.8 Å². The standard InChI is InChI=1S/C17H32N2O/c1-13(2)11-16-9-4-3-5-10-19(16)17(20)14-7-6-8-15(18)12-14/h13-16H,3-12,18H2,1-2H3. The molecular formula is C17H32N2O. The van der Waals surface area contributed by atoms with Crippen molar-refractivity contribution in [3.8, 4) is 0 Å². The molecule has 2 aliphatic rings. The number of hydrogen-bond acceptors (Lipinski definition) is 2. The fourth-order valence-electron chi connectivity index (χ4n) is 3.94. The van der Waals surface area contributed by atoms with Crippen molar-refractivity contribution in [1.82, 2.24) is 4.90 Å². The van der Waals surface area contributed by atoms with Gasteiger partial charge < -0.3 is 10.6 Å². The number of nitrogens with zero attached hydrogens (tertiary/aromatic N) is 1. The van der Waals surface area contributed by atoms with Crippen LogP contribution in [0.15, 0.2) is 0 Å². The van der Waals surface area contributed by atoms with Gasteiger partial charge in [-0.2, -0.15) is 0 Å². The van der Waals surface area contributed by atoms with Gasteiger partial charge in [0.15, 0.2) is 0 Å². The van der Waals surface area contributed by atoms with Crippen LogP contribution < -0.4 is 5.73 Å². The Morgan fingerprint density at radius 1 is 1.15 bits per heavy atom. The summed E-state index contributed by atoms with van der Waals surface area (Å²) >= 11 is 0. The maximum Gasteiger partial charge on any atom is 0.225 e. The average molecular weight is 280 g/mol. The molecule has 3 nitrogen and oxygen atoms in total. The van der Waals surface area contributed by atoms with E-state index in [1.54, 1.807) is 0 Å². The first-order chi connectivity index (χ1) is 9.58. The molecule has 3 heteroatoms. The van der Waals surface area contributed by atoms with Gasteiger partial charge in [-0.05, 0) is 44.4 Å². The minimum atomic E-state index is 0.200. The molecule has 0 spiro atoms. The molecule has 0 bridgehead atoms. The Hall–Kier alpha value is -0.570. The first-order valence-corrected chi connectivity index (χ1v) is 8.64. The van der Waals surface area contributed by atoms with Crippen molar-refractivity contribution in [3.63, 3.8) is 0 Å². The minimum Gasteiger partial charge on any atom is -0.339 e. The zero-order chi connectivity index (χ0) is 14.5. The molecule has 116 valence electrons. The van der Waals surface area contributed by atoms with E-state index < -0.39 is 0 Å². The summed E-state index contributed by atoms with van der Waals surface area (Å²) in [5.41, 5.74) is 6.07. The average Bonchev–Trinajstić information content (AvgIpc) is 2.63. The number of hydrogen-bond donors (Lipinski definition) is 1. The lowest BCUT2D eigenvalue weighted by molar-refractivity contribution is -0.139. The molecule has 0 aromatic heterocycles. The zero-order valence-corrected chi connectivity index (χ0v) is 13.3. The van der Waals surface area contributed by atoms with Crippen molar-refractivity contribution in [1.29, 1.82) is 0 Å². The number of likely N-dealkylation sites (tertiary alicyclic amines) is 1. The molecule has 0 radical (unpaired) electrons. The lowest BCUT2D eigenvalue weighted by atomic mass is 9.84. The van der Waals surface area contributed by atoms with Crippen molar-refractivity contribution >= 4 is 5.91 Å². The molecule has 2 fully saturated rings. The third-order valence-corrected chi connectivity index (χ3v) is 4.97. The third kappa shape index (κ3) is 4.21. The first-order valence-electron chi connectivity index (χ1n) is 8.64. The number of amides is 1. The van der Waals surface area contributed by atoms with Crippen molar-refractivity contribution in [3.05, 3.63) is 0 Å². The molecule has 1 saturated heterocycles. The summed E-state index contributed by atoms with van der Waals surface area (Å²) in [7, 11) is 0. The second-order valence-electron chi connectivity index (χ2n) is 7.29. The third-order valence-electron chi connectivity index (χ3n) is 4.97. The molecule has 20 heavy (non-hydrogen) atoms. The number of rotatable bonds is 3. The molecule has 2 rings (SSSR count). The topological polar surface area (TPSA) is 46.3 Å². The van der Waals surface area contributed by atoms with Crippen molar-refractivity contribution in [2.45, 2.75) is 83.7 Å². The monoisotopic (exact) mass is 280 g/mol. The van der Waals surface area contributed by atoms with Gasteiger partial charge in [-0.15, -0.1) is 0 Å². The fourth-order valence-corrected chi connectivity index (χ4v) is 3.94. The highest BCUT2D eigenvalue weighted by Crippen LogP contribution is 2.29. The molecule has 1 saturated carbocycles. The number of carbonyl (C=O) groups excluding carboxylic acids is 1. The maximum atomic E-state index is 12.9. The number of carbonyl (C=O) groups is 1. The van der Waals surface area contributed by atoms with E-state index in [4.69, 9.17) is 5.73 Å². The predicted molar refractivity (Wildman–Crippen MR) is 83.4 cm³/mol. The Bertz CT molecular complexity index is 316. The van der Waals surface area contributed by atoms with Gasteiger partial charge in [-0.1, -0.05) is 33.1 Å². The summed E-state index contributed by atoms with van der Waals surface area (Å²) in [5.74, 6) is 1.28. The van der Waals surface area contributed by atoms with E-state index in [0.717, 1.165) is 38.6 Å². The second-order valence-corrected chi connectivity index (χ2v) is 7.29. The van der Waals surface area contributed by atoms with Gasteiger partial charge in [0.25, 0.3) is 0 Å². The summed E-state index contributed by atoms with van der Waals surface area (Å²) < 4.78 is 0. The van der Waals surface area contributed by atoms with Crippen LogP contribution >= 0.6 is 0 Å². The molecular weight excluding hydrogens is 248 g/mol. The van der Waals surface area contributed by atoms with Gasteiger partial charge in [-0.25, -0.2) is 0 Å². The van der Waals surface area contributed by atoms with Crippen molar-refractivity contribution in [2.75, 3.05) is 6.54 Å². The van der Waals surface area contributed by atoms with Crippen molar-refractivity contribution < 1.29 is 4.79 Å². The highest BCUT2D eigenvalue weighted by molar-refractivity contribution is 5.79. The second kappa shape index (κ2) is 7.44. The first kappa shape index (κ1) is 15.8. The Balaban J connectivity index is 2.02. The molecule has 2 N–H and O–H groups in total. The van der Waals surface area contributed by atoms with Crippen LogP contribution in [0.2, 0.25) is 0 Å². The van der Waals surface area contributed by atoms with Crippen LogP contribution in [0.3, 0.4) is 0 Å².